The number of pyridine rings is 1. The largest absolute Gasteiger partial charge is 0.444 e. The third-order valence-corrected chi connectivity index (χ3v) is 4.19. The SMILES string of the molecule is CC(C)(C)OC(=O)N1CCN(Cc2cccc(Oc3ccccn3)c2)CC1. The van der Waals surface area contributed by atoms with Crippen molar-refractivity contribution in [3.05, 3.63) is 54.2 Å². The van der Waals surface area contributed by atoms with Gasteiger partial charge in [-0.2, -0.15) is 0 Å². The lowest BCUT2D eigenvalue weighted by Crippen LogP contribution is -2.49. The van der Waals surface area contributed by atoms with Gasteiger partial charge in [0.15, 0.2) is 0 Å². The number of carbonyl (C=O) groups excluding carboxylic acids is 1. The molecule has 144 valence electrons. The van der Waals surface area contributed by atoms with E-state index in [2.05, 4.69) is 16.0 Å². The third kappa shape index (κ3) is 5.96. The molecule has 0 N–H and O–H groups in total. The summed E-state index contributed by atoms with van der Waals surface area (Å²) < 4.78 is 11.3. The van der Waals surface area contributed by atoms with Gasteiger partial charge in [-0.25, -0.2) is 9.78 Å². The highest BCUT2D eigenvalue weighted by Gasteiger charge is 2.25. The van der Waals surface area contributed by atoms with E-state index in [-0.39, 0.29) is 6.09 Å². The predicted octanol–water partition coefficient (Wildman–Crippen LogP) is 3.93. The molecule has 1 aromatic carbocycles. The second kappa shape index (κ2) is 8.39. The standard InChI is InChI=1S/C21H27N3O3/c1-21(2,3)27-20(25)24-13-11-23(12-14-24)16-17-7-6-8-18(15-17)26-19-9-4-5-10-22-19/h4-10,15H,11-14,16H2,1-3H3. The number of piperazine rings is 1. The normalized spacial score (nSPS) is 15.4. The van der Waals surface area contributed by atoms with Crippen molar-refractivity contribution in [1.29, 1.82) is 0 Å². The van der Waals surface area contributed by atoms with Gasteiger partial charge in [-0.05, 0) is 44.5 Å². The Bertz CT molecular complexity index is 751. The Labute approximate surface area is 160 Å². The van der Waals surface area contributed by atoms with E-state index in [4.69, 9.17) is 9.47 Å². The van der Waals surface area contributed by atoms with Gasteiger partial charge in [-0.1, -0.05) is 18.2 Å². The van der Waals surface area contributed by atoms with Crippen molar-refractivity contribution < 1.29 is 14.3 Å². The molecule has 0 atom stereocenters. The van der Waals surface area contributed by atoms with Crippen LogP contribution >= 0.6 is 0 Å². The third-order valence-electron chi connectivity index (χ3n) is 4.19. The zero-order valence-corrected chi connectivity index (χ0v) is 16.2. The number of nitrogens with zero attached hydrogens (tertiary/aromatic N) is 3. The lowest BCUT2D eigenvalue weighted by Gasteiger charge is -2.35. The van der Waals surface area contributed by atoms with Crippen LogP contribution in [0.15, 0.2) is 48.7 Å². The van der Waals surface area contributed by atoms with Crippen LogP contribution < -0.4 is 4.74 Å². The summed E-state index contributed by atoms with van der Waals surface area (Å²) in [4.78, 5) is 20.5. The Morgan fingerprint density at radius 2 is 1.85 bits per heavy atom. The first-order valence-corrected chi connectivity index (χ1v) is 9.27. The Kier molecular flexibility index (Phi) is 5.96. The second-order valence-electron chi connectivity index (χ2n) is 7.66. The maximum atomic E-state index is 12.2. The lowest BCUT2D eigenvalue weighted by atomic mass is 10.2. The molecule has 0 radical (unpaired) electrons. The Morgan fingerprint density at radius 1 is 1.07 bits per heavy atom. The summed E-state index contributed by atoms with van der Waals surface area (Å²) in [6.45, 7) is 9.50. The molecule has 6 heteroatoms. The zero-order valence-electron chi connectivity index (χ0n) is 16.2. The summed E-state index contributed by atoms with van der Waals surface area (Å²) in [5.74, 6) is 1.36. The Balaban J connectivity index is 1.52. The smallest absolute Gasteiger partial charge is 0.410 e. The molecule has 1 fully saturated rings. The highest BCUT2D eigenvalue weighted by Crippen LogP contribution is 2.21. The van der Waals surface area contributed by atoms with Gasteiger partial charge in [0.1, 0.15) is 11.4 Å². The van der Waals surface area contributed by atoms with E-state index in [9.17, 15) is 4.79 Å². The molecular formula is C21H27N3O3. The fourth-order valence-corrected chi connectivity index (χ4v) is 2.91. The first-order chi connectivity index (χ1) is 12.9. The number of hydrogen-bond donors (Lipinski definition) is 0. The van der Waals surface area contributed by atoms with Gasteiger partial charge in [0, 0.05) is 45.0 Å². The van der Waals surface area contributed by atoms with Gasteiger partial charge < -0.3 is 14.4 Å². The molecule has 6 nitrogen and oxygen atoms in total. The second-order valence-corrected chi connectivity index (χ2v) is 7.66. The fraction of sp³-hybridized carbons (Fsp3) is 0.429. The number of hydrogen-bond acceptors (Lipinski definition) is 5. The summed E-state index contributed by atoms with van der Waals surface area (Å²) >= 11 is 0. The molecule has 0 saturated carbocycles. The van der Waals surface area contributed by atoms with Crippen LogP contribution in [0.5, 0.6) is 11.6 Å². The number of rotatable bonds is 4. The van der Waals surface area contributed by atoms with Crippen molar-refractivity contribution in [2.75, 3.05) is 26.2 Å². The highest BCUT2D eigenvalue weighted by atomic mass is 16.6. The number of aromatic nitrogens is 1. The van der Waals surface area contributed by atoms with Crippen LogP contribution in [0, 0.1) is 0 Å². The summed E-state index contributed by atoms with van der Waals surface area (Å²) in [5.41, 5.74) is 0.719. The first kappa shape index (κ1) is 19.2. The van der Waals surface area contributed by atoms with E-state index >= 15 is 0 Å². The molecule has 0 unspecified atom stereocenters. The van der Waals surface area contributed by atoms with Gasteiger partial charge in [0.25, 0.3) is 0 Å². The summed E-state index contributed by atoms with van der Waals surface area (Å²) in [5, 5.41) is 0. The van der Waals surface area contributed by atoms with Crippen molar-refractivity contribution in [1.82, 2.24) is 14.8 Å². The average Bonchev–Trinajstić information content (AvgIpc) is 2.62. The molecule has 1 aromatic heterocycles. The Morgan fingerprint density at radius 3 is 2.52 bits per heavy atom. The van der Waals surface area contributed by atoms with Gasteiger partial charge in [0.05, 0.1) is 0 Å². The van der Waals surface area contributed by atoms with E-state index in [0.717, 1.165) is 25.4 Å². The van der Waals surface area contributed by atoms with Crippen molar-refractivity contribution in [2.45, 2.75) is 32.9 Å². The van der Waals surface area contributed by atoms with Crippen molar-refractivity contribution in [3.63, 3.8) is 0 Å². The van der Waals surface area contributed by atoms with Crippen LogP contribution in [0.4, 0.5) is 4.79 Å². The minimum atomic E-state index is -0.456. The van der Waals surface area contributed by atoms with Gasteiger partial charge in [-0.3, -0.25) is 4.90 Å². The van der Waals surface area contributed by atoms with Crippen LogP contribution in [0.2, 0.25) is 0 Å². The zero-order chi connectivity index (χ0) is 19.3. The molecule has 1 amide bonds. The predicted molar refractivity (Wildman–Crippen MR) is 104 cm³/mol. The molecule has 0 bridgehead atoms. The number of ether oxygens (including phenoxy) is 2. The van der Waals surface area contributed by atoms with E-state index < -0.39 is 5.60 Å². The van der Waals surface area contributed by atoms with Gasteiger partial charge in [-0.15, -0.1) is 0 Å². The van der Waals surface area contributed by atoms with Crippen LogP contribution in [0.3, 0.4) is 0 Å². The van der Waals surface area contributed by atoms with Crippen LogP contribution in [-0.4, -0.2) is 52.7 Å². The quantitative estimate of drug-likeness (QED) is 0.817. The van der Waals surface area contributed by atoms with E-state index in [1.165, 1.54) is 5.56 Å². The summed E-state index contributed by atoms with van der Waals surface area (Å²) in [6.07, 6.45) is 1.48. The van der Waals surface area contributed by atoms with E-state index in [0.29, 0.717) is 19.0 Å². The minimum Gasteiger partial charge on any atom is -0.444 e. The molecule has 0 aliphatic carbocycles. The van der Waals surface area contributed by atoms with Crippen molar-refractivity contribution >= 4 is 6.09 Å². The van der Waals surface area contributed by atoms with Crippen LogP contribution in [0.1, 0.15) is 26.3 Å². The molecule has 2 aromatic rings. The molecule has 2 heterocycles. The maximum Gasteiger partial charge on any atom is 0.410 e. The lowest BCUT2D eigenvalue weighted by molar-refractivity contribution is 0.0139. The molecule has 1 aliphatic rings. The molecule has 27 heavy (non-hydrogen) atoms. The van der Waals surface area contributed by atoms with E-state index in [1.807, 2.05) is 57.2 Å². The van der Waals surface area contributed by atoms with Crippen LogP contribution in [0.25, 0.3) is 0 Å². The average molecular weight is 369 g/mol. The van der Waals surface area contributed by atoms with E-state index in [1.54, 1.807) is 11.1 Å². The topological polar surface area (TPSA) is 54.9 Å². The minimum absolute atomic E-state index is 0.229. The first-order valence-electron chi connectivity index (χ1n) is 9.27. The summed E-state index contributed by atoms with van der Waals surface area (Å²) in [6, 6.07) is 13.6. The molecule has 0 spiro atoms. The maximum absolute atomic E-state index is 12.2. The molecule has 1 saturated heterocycles. The van der Waals surface area contributed by atoms with Crippen molar-refractivity contribution in [3.8, 4) is 11.6 Å². The molecule has 1 aliphatic heterocycles. The molecular weight excluding hydrogens is 342 g/mol. The number of amides is 1. The van der Waals surface area contributed by atoms with Crippen LogP contribution in [-0.2, 0) is 11.3 Å². The monoisotopic (exact) mass is 369 g/mol. The Hall–Kier alpha value is -2.60. The number of carbonyl (C=O) groups is 1. The summed E-state index contributed by atoms with van der Waals surface area (Å²) in [7, 11) is 0. The number of benzene rings is 1. The molecule has 3 rings (SSSR count). The van der Waals surface area contributed by atoms with Crippen molar-refractivity contribution in [2.24, 2.45) is 0 Å². The van der Waals surface area contributed by atoms with Gasteiger partial charge >= 0.3 is 6.09 Å². The fourth-order valence-electron chi connectivity index (χ4n) is 2.91. The van der Waals surface area contributed by atoms with Gasteiger partial charge in [0.2, 0.25) is 5.88 Å². The highest BCUT2D eigenvalue weighted by molar-refractivity contribution is 5.68.